The maximum Gasteiger partial charge on any atom is 0.254 e. The summed E-state index contributed by atoms with van der Waals surface area (Å²) in [5.74, 6) is -0.600. The van der Waals surface area contributed by atoms with Crippen LogP contribution in [0.1, 0.15) is 46.9 Å². The van der Waals surface area contributed by atoms with Gasteiger partial charge >= 0.3 is 0 Å². The number of hydrogen-bond acceptors (Lipinski definition) is 3. The molecule has 1 heterocycles. The summed E-state index contributed by atoms with van der Waals surface area (Å²) in [6, 6.07) is 6.80. The van der Waals surface area contributed by atoms with Crippen molar-refractivity contribution in [1.82, 2.24) is 4.90 Å². The van der Waals surface area contributed by atoms with Gasteiger partial charge in [-0.15, -0.1) is 0 Å². The molecule has 5 nitrogen and oxygen atoms in total. The van der Waals surface area contributed by atoms with Gasteiger partial charge in [-0.2, -0.15) is 0 Å². The van der Waals surface area contributed by atoms with Crippen molar-refractivity contribution in [2.24, 2.45) is 11.5 Å². The van der Waals surface area contributed by atoms with Gasteiger partial charge in [0.25, 0.3) is 5.91 Å². The second-order valence-electron chi connectivity index (χ2n) is 5.33. The first-order chi connectivity index (χ1) is 9.54. The first kappa shape index (κ1) is 14.5. The number of primary amides is 1. The van der Waals surface area contributed by atoms with E-state index in [2.05, 4.69) is 0 Å². The number of hydrogen-bond donors (Lipinski definition) is 2. The van der Waals surface area contributed by atoms with E-state index < -0.39 is 5.91 Å². The Hall–Kier alpha value is -1.88. The molecule has 1 saturated heterocycles. The number of carbonyl (C=O) groups excluding carboxylic acids is 2. The number of benzene rings is 1. The maximum atomic E-state index is 12.7. The molecule has 0 aromatic heterocycles. The second kappa shape index (κ2) is 6.05. The first-order valence-electron chi connectivity index (χ1n) is 6.97. The van der Waals surface area contributed by atoms with Crippen molar-refractivity contribution < 1.29 is 9.59 Å². The summed E-state index contributed by atoms with van der Waals surface area (Å²) in [4.78, 5) is 25.7. The number of likely N-dealkylation sites (tertiary alicyclic amines) is 1. The summed E-state index contributed by atoms with van der Waals surface area (Å²) >= 11 is 0. The lowest BCUT2D eigenvalue weighted by molar-refractivity contribution is 0.0494. The topological polar surface area (TPSA) is 89.4 Å². The summed E-state index contributed by atoms with van der Waals surface area (Å²) in [5.41, 5.74) is 11.9. The van der Waals surface area contributed by atoms with Crippen LogP contribution in [-0.2, 0) is 0 Å². The monoisotopic (exact) mass is 275 g/mol. The zero-order chi connectivity index (χ0) is 14.7. The summed E-state index contributed by atoms with van der Waals surface area (Å²) in [5, 5.41) is 0. The van der Waals surface area contributed by atoms with Gasteiger partial charge in [-0.1, -0.05) is 6.07 Å². The molecule has 1 aromatic rings. The average Bonchev–Trinajstić information content (AvgIpc) is 2.46. The molecular formula is C15H21N3O2. The van der Waals surface area contributed by atoms with Crippen LogP contribution >= 0.6 is 0 Å². The molecule has 2 atom stereocenters. The largest absolute Gasteiger partial charge is 0.366 e. The van der Waals surface area contributed by atoms with Crippen LogP contribution in [0.15, 0.2) is 24.3 Å². The molecule has 0 radical (unpaired) electrons. The minimum atomic E-state index is -0.526. The van der Waals surface area contributed by atoms with E-state index in [1.54, 1.807) is 24.3 Å². The standard InChI is InChI=1S/C15H21N3O2/c1-10-4-2-7-13(9-16)18(10)15(20)12-6-3-5-11(8-12)14(17)19/h3,5-6,8,10,13H,2,4,7,9,16H2,1H3,(H2,17,19). The van der Waals surface area contributed by atoms with E-state index in [1.807, 2.05) is 11.8 Å². The first-order valence-corrected chi connectivity index (χ1v) is 6.97. The van der Waals surface area contributed by atoms with Crippen molar-refractivity contribution in [3.8, 4) is 0 Å². The van der Waals surface area contributed by atoms with E-state index >= 15 is 0 Å². The lowest BCUT2D eigenvalue weighted by atomic mass is 9.95. The van der Waals surface area contributed by atoms with Crippen molar-refractivity contribution in [1.29, 1.82) is 0 Å². The van der Waals surface area contributed by atoms with Gasteiger partial charge in [0.1, 0.15) is 0 Å². The van der Waals surface area contributed by atoms with Crippen LogP contribution in [0.2, 0.25) is 0 Å². The quantitative estimate of drug-likeness (QED) is 0.866. The third-order valence-corrected chi connectivity index (χ3v) is 3.93. The smallest absolute Gasteiger partial charge is 0.254 e. The third kappa shape index (κ3) is 2.82. The number of piperidine rings is 1. The fourth-order valence-electron chi connectivity index (χ4n) is 2.84. The van der Waals surface area contributed by atoms with Gasteiger partial charge in [-0.25, -0.2) is 0 Å². The Morgan fingerprint density at radius 3 is 2.65 bits per heavy atom. The van der Waals surface area contributed by atoms with E-state index in [0.717, 1.165) is 19.3 Å². The van der Waals surface area contributed by atoms with Crippen LogP contribution < -0.4 is 11.5 Å². The molecule has 1 aliphatic rings. The highest BCUT2D eigenvalue weighted by Gasteiger charge is 2.31. The number of amides is 2. The fraction of sp³-hybridized carbons (Fsp3) is 0.467. The molecule has 1 aliphatic heterocycles. The van der Waals surface area contributed by atoms with E-state index in [4.69, 9.17) is 11.5 Å². The Kier molecular flexibility index (Phi) is 4.39. The Morgan fingerprint density at radius 2 is 2.00 bits per heavy atom. The fourth-order valence-corrected chi connectivity index (χ4v) is 2.84. The normalized spacial score (nSPS) is 22.6. The van der Waals surface area contributed by atoms with Gasteiger partial charge in [0, 0.05) is 29.8 Å². The zero-order valence-electron chi connectivity index (χ0n) is 11.7. The predicted octanol–water partition coefficient (Wildman–Crippen LogP) is 1.13. The van der Waals surface area contributed by atoms with Gasteiger partial charge < -0.3 is 16.4 Å². The maximum absolute atomic E-state index is 12.7. The minimum Gasteiger partial charge on any atom is -0.366 e. The highest BCUT2D eigenvalue weighted by molar-refractivity contribution is 5.99. The van der Waals surface area contributed by atoms with Crippen molar-refractivity contribution >= 4 is 11.8 Å². The zero-order valence-corrected chi connectivity index (χ0v) is 11.7. The molecule has 2 rings (SSSR count). The molecule has 20 heavy (non-hydrogen) atoms. The lowest BCUT2D eigenvalue weighted by Crippen LogP contribution is -2.51. The van der Waals surface area contributed by atoms with Crippen molar-refractivity contribution in [2.45, 2.75) is 38.3 Å². The van der Waals surface area contributed by atoms with E-state index in [0.29, 0.717) is 17.7 Å². The van der Waals surface area contributed by atoms with E-state index in [1.165, 1.54) is 0 Å². The predicted molar refractivity (Wildman–Crippen MR) is 77.3 cm³/mol. The molecule has 2 unspecified atom stereocenters. The molecular weight excluding hydrogens is 254 g/mol. The second-order valence-corrected chi connectivity index (χ2v) is 5.33. The molecule has 108 valence electrons. The lowest BCUT2D eigenvalue weighted by Gasteiger charge is -2.40. The molecule has 2 amide bonds. The summed E-state index contributed by atoms with van der Waals surface area (Å²) in [7, 11) is 0. The van der Waals surface area contributed by atoms with Gasteiger partial charge in [-0.05, 0) is 44.4 Å². The molecule has 1 fully saturated rings. The van der Waals surface area contributed by atoms with Gasteiger partial charge in [-0.3, -0.25) is 9.59 Å². The molecule has 1 aromatic carbocycles. The van der Waals surface area contributed by atoms with E-state index in [-0.39, 0.29) is 18.0 Å². The van der Waals surface area contributed by atoms with Gasteiger partial charge in [0.05, 0.1) is 0 Å². The Bertz CT molecular complexity index is 516. The Labute approximate surface area is 118 Å². The number of nitrogens with zero attached hydrogens (tertiary/aromatic N) is 1. The minimum absolute atomic E-state index is 0.0727. The van der Waals surface area contributed by atoms with Crippen LogP contribution in [0.3, 0.4) is 0 Å². The van der Waals surface area contributed by atoms with E-state index in [9.17, 15) is 9.59 Å². The number of nitrogens with two attached hydrogens (primary N) is 2. The average molecular weight is 275 g/mol. The molecule has 5 heteroatoms. The van der Waals surface area contributed by atoms with Crippen molar-refractivity contribution in [3.63, 3.8) is 0 Å². The van der Waals surface area contributed by atoms with Gasteiger partial charge in [0.15, 0.2) is 0 Å². The summed E-state index contributed by atoms with van der Waals surface area (Å²) in [6.45, 7) is 2.50. The van der Waals surface area contributed by atoms with Crippen LogP contribution in [0, 0.1) is 0 Å². The van der Waals surface area contributed by atoms with Crippen LogP contribution in [0.5, 0.6) is 0 Å². The van der Waals surface area contributed by atoms with Crippen LogP contribution in [0.4, 0.5) is 0 Å². The third-order valence-electron chi connectivity index (χ3n) is 3.93. The summed E-state index contributed by atoms with van der Waals surface area (Å²) < 4.78 is 0. The molecule has 4 N–H and O–H groups in total. The number of rotatable bonds is 3. The molecule has 0 saturated carbocycles. The Morgan fingerprint density at radius 1 is 1.30 bits per heavy atom. The van der Waals surface area contributed by atoms with Gasteiger partial charge in [0.2, 0.25) is 5.91 Å². The number of carbonyl (C=O) groups is 2. The van der Waals surface area contributed by atoms with Crippen LogP contribution in [-0.4, -0.2) is 35.3 Å². The highest BCUT2D eigenvalue weighted by Crippen LogP contribution is 2.24. The SMILES string of the molecule is CC1CCCC(CN)N1C(=O)c1cccc(C(N)=O)c1. The highest BCUT2D eigenvalue weighted by atomic mass is 16.2. The van der Waals surface area contributed by atoms with Crippen molar-refractivity contribution in [2.75, 3.05) is 6.54 Å². The Balaban J connectivity index is 2.29. The summed E-state index contributed by atoms with van der Waals surface area (Å²) in [6.07, 6.45) is 3.01. The molecule has 0 aliphatic carbocycles. The van der Waals surface area contributed by atoms with Crippen LogP contribution in [0.25, 0.3) is 0 Å². The molecule has 0 bridgehead atoms. The van der Waals surface area contributed by atoms with Crippen molar-refractivity contribution in [3.05, 3.63) is 35.4 Å². The molecule has 0 spiro atoms.